The van der Waals surface area contributed by atoms with E-state index >= 15 is 0 Å². The van der Waals surface area contributed by atoms with Gasteiger partial charge in [0.1, 0.15) is 12.4 Å². The zero-order valence-corrected chi connectivity index (χ0v) is 19.4. The van der Waals surface area contributed by atoms with Gasteiger partial charge in [0.05, 0.1) is 13.7 Å². The molecule has 0 aromatic heterocycles. The van der Waals surface area contributed by atoms with Gasteiger partial charge in [-0.2, -0.15) is 0 Å². The van der Waals surface area contributed by atoms with Crippen LogP contribution in [0.15, 0.2) is 65.1 Å². The minimum Gasteiger partial charge on any atom is -0.496 e. The molecule has 0 aliphatic carbocycles. The standard InChI is InChI=1S/C24H25BrClNO3/c1-3-29-23-12-19(15-27-14-17-8-5-7-11-22(17)28-2)20(25)13-24(23)30-16-18-9-4-6-10-21(18)26/h4-13,27H,3,14-16H2,1-2H3. The molecule has 0 saturated heterocycles. The van der Waals surface area contributed by atoms with Crippen LogP contribution in [0.1, 0.15) is 23.6 Å². The molecule has 3 rings (SSSR count). The molecular weight excluding hydrogens is 466 g/mol. The summed E-state index contributed by atoms with van der Waals surface area (Å²) in [5.74, 6) is 2.27. The summed E-state index contributed by atoms with van der Waals surface area (Å²) in [6, 6.07) is 19.6. The van der Waals surface area contributed by atoms with Gasteiger partial charge in [-0.25, -0.2) is 0 Å². The molecule has 30 heavy (non-hydrogen) atoms. The first-order valence-electron chi connectivity index (χ1n) is 9.76. The van der Waals surface area contributed by atoms with Crippen LogP contribution in [0.5, 0.6) is 17.2 Å². The molecule has 6 heteroatoms. The first-order chi connectivity index (χ1) is 14.6. The van der Waals surface area contributed by atoms with Gasteiger partial charge in [0.15, 0.2) is 11.5 Å². The van der Waals surface area contributed by atoms with Gasteiger partial charge >= 0.3 is 0 Å². The molecule has 3 aromatic carbocycles. The monoisotopic (exact) mass is 489 g/mol. The predicted molar refractivity (Wildman–Crippen MR) is 125 cm³/mol. The lowest BCUT2D eigenvalue weighted by Crippen LogP contribution is -2.14. The van der Waals surface area contributed by atoms with Crippen LogP contribution in [-0.4, -0.2) is 13.7 Å². The number of para-hydroxylation sites is 1. The van der Waals surface area contributed by atoms with E-state index in [2.05, 4.69) is 27.3 Å². The maximum absolute atomic E-state index is 6.24. The number of benzene rings is 3. The number of hydrogen-bond acceptors (Lipinski definition) is 4. The maximum atomic E-state index is 6.24. The second-order valence-corrected chi connectivity index (χ2v) is 7.88. The molecule has 0 heterocycles. The van der Waals surface area contributed by atoms with Crippen LogP contribution >= 0.6 is 27.5 Å². The predicted octanol–water partition coefficient (Wildman–Crippen LogP) is 6.38. The SMILES string of the molecule is CCOc1cc(CNCc2ccccc2OC)c(Br)cc1OCc1ccccc1Cl. The largest absolute Gasteiger partial charge is 0.496 e. The Morgan fingerprint density at radius 3 is 2.23 bits per heavy atom. The van der Waals surface area contributed by atoms with Crippen LogP contribution in [0.4, 0.5) is 0 Å². The minimum absolute atomic E-state index is 0.373. The van der Waals surface area contributed by atoms with Crippen molar-refractivity contribution in [3.63, 3.8) is 0 Å². The van der Waals surface area contributed by atoms with E-state index in [1.165, 1.54) is 0 Å². The van der Waals surface area contributed by atoms with Gasteiger partial charge < -0.3 is 19.5 Å². The number of methoxy groups -OCH3 is 1. The zero-order valence-electron chi connectivity index (χ0n) is 17.1. The number of halogens is 2. The van der Waals surface area contributed by atoms with Crippen LogP contribution in [0.3, 0.4) is 0 Å². The Morgan fingerprint density at radius 2 is 1.50 bits per heavy atom. The van der Waals surface area contributed by atoms with Gasteiger partial charge in [-0.1, -0.05) is 63.9 Å². The van der Waals surface area contributed by atoms with E-state index in [9.17, 15) is 0 Å². The Bertz CT molecular complexity index is 980. The lowest BCUT2D eigenvalue weighted by Gasteiger charge is -2.16. The summed E-state index contributed by atoms with van der Waals surface area (Å²) in [6.07, 6.45) is 0. The summed E-state index contributed by atoms with van der Waals surface area (Å²) in [7, 11) is 1.69. The Morgan fingerprint density at radius 1 is 0.833 bits per heavy atom. The van der Waals surface area contributed by atoms with Crippen molar-refractivity contribution >= 4 is 27.5 Å². The number of hydrogen-bond donors (Lipinski definition) is 1. The summed E-state index contributed by atoms with van der Waals surface area (Å²) >= 11 is 9.90. The molecule has 0 radical (unpaired) electrons. The second-order valence-electron chi connectivity index (χ2n) is 6.62. The quantitative estimate of drug-likeness (QED) is 0.358. The van der Waals surface area contributed by atoms with Crippen LogP contribution in [-0.2, 0) is 19.7 Å². The van der Waals surface area contributed by atoms with Crippen molar-refractivity contribution in [3.8, 4) is 17.2 Å². The molecular formula is C24H25BrClNO3. The second kappa shape index (κ2) is 11.3. The fourth-order valence-electron chi connectivity index (χ4n) is 3.05. The third kappa shape index (κ3) is 5.91. The summed E-state index contributed by atoms with van der Waals surface area (Å²) in [6.45, 7) is 4.25. The highest BCUT2D eigenvalue weighted by molar-refractivity contribution is 9.10. The van der Waals surface area contributed by atoms with E-state index < -0.39 is 0 Å². The van der Waals surface area contributed by atoms with Gasteiger partial charge in [-0.15, -0.1) is 0 Å². The van der Waals surface area contributed by atoms with Gasteiger partial charge in [0.2, 0.25) is 0 Å². The molecule has 3 aromatic rings. The lowest BCUT2D eigenvalue weighted by atomic mass is 10.1. The molecule has 1 N–H and O–H groups in total. The number of rotatable bonds is 10. The van der Waals surface area contributed by atoms with Gasteiger partial charge in [0, 0.05) is 33.7 Å². The highest BCUT2D eigenvalue weighted by Crippen LogP contribution is 2.35. The molecule has 0 unspecified atom stereocenters. The molecule has 0 amide bonds. The molecule has 0 aliphatic rings. The first-order valence-corrected chi connectivity index (χ1v) is 10.9. The van der Waals surface area contributed by atoms with Gasteiger partial charge in [-0.3, -0.25) is 0 Å². The lowest BCUT2D eigenvalue weighted by molar-refractivity contribution is 0.269. The number of nitrogens with one attached hydrogen (secondary N) is 1. The summed E-state index contributed by atoms with van der Waals surface area (Å²) in [5, 5.41) is 4.15. The fraction of sp³-hybridized carbons (Fsp3) is 0.250. The first kappa shape index (κ1) is 22.5. The third-order valence-electron chi connectivity index (χ3n) is 4.58. The Hall–Kier alpha value is -2.21. The van der Waals surface area contributed by atoms with Crippen LogP contribution in [0.2, 0.25) is 5.02 Å². The normalized spacial score (nSPS) is 10.7. The van der Waals surface area contributed by atoms with Gasteiger partial charge in [-0.05, 0) is 36.8 Å². The van der Waals surface area contributed by atoms with Crippen molar-refractivity contribution in [2.75, 3.05) is 13.7 Å². The van der Waals surface area contributed by atoms with Crippen molar-refractivity contribution in [1.82, 2.24) is 5.32 Å². The van der Waals surface area contributed by atoms with E-state index in [-0.39, 0.29) is 0 Å². The summed E-state index contributed by atoms with van der Waals surface area (Å²) in [4.78, 5) is 0. The average molecular weight is 491 g/mol. The Kier molecular flexibility index (Phi) is 8.43. The van der Waals surface area contributed by atoms with Crippen LogP contribution < -0.4 is 19.5 Å². The summed E-state index contributed by atoms with van der Waals surface area (Å²) < 4.78 is 18.2. The van der Waals surface area contributed by atoms with E-state index in [0.29, 0.717) is 42.8 Å². The average Bonchev–Trinajstić information content (AvgIpc) is 2.76. The molecule has 0 saturated carbocycles. The van der Waals surface area contributed by atoms with E-state index in [1.54, 1.807) is 7.11 Å². The zero-order chi connectivity index (χ0) is 21.3. The highest BCUT2D eigenvalue weighted by atomic mass is 79.9. The van der Waals surface area contributed by atoms with E-state index in [4.69, 9.17) is 25.8 Å². The van der Waals surface area contributed by atoms with Crippen molar-refractivity contribution in [3.05, 3.63) is 86.8 Å². The van der Waals surface area contributed by atoms with Crippen molar-refractivity contribution in [2.24, 2.45) is 0 Å². The number of ether oxygens (including phenoxy) is 3. The third-order valence-corrected chi connectivity index (χ3v) is 5.68. The molecule has 158 valence electrons. The van der Waals surface area contributed by atoms with Crippen molar-refractivity contribution in [1.29, 1.82) is 0 Å². The smallest absolute Gasteiger partial charge is 0.162 e. The fourth-order valence-corrected chi connectivity index (χ4v) is 3.70. The molecule has 0 spiro atoms. The van der Waals surface area contributed by atoms with Crippen molar-refractivity contribution < 1.29 is 14.2 Å². The molecule has 4 nitrogen and oxygen atoms in total. The Labute approximate surface area is 191 Å². The maximum Gasteiger partial charge on any atom is 0.162 e. The van der Waals surface area contributed by atoms with E-state index in [0.717, 1.165) is 26.9 Å². The molecule has 0 atom stereocenters. The Balaban J connectivity index is 1.70. The van der Waals surface area contributed by atoms with Crippen LogP contribution in [0, 0.1) is 0 Å². The minimum atomic E-state index is 0.373. The van der Waals surface area contributed by atoms with E-state index in [1.807, 2.05) is 61.5 Å². The highest BCUT2D eigenvalue weighted by Gasteiger charge is 2.12. The summed E-state index contributed by atoms with van der Waals surface area (Å²) in [5.41, 5.74) is 3.12. The van der Waals surface area contributed by atoms with Crippen LogP contribution in [0.25, 0.3) is 0 Å². The molecule has 0 fully saturated rings. The van der Waals surface area contributed by atoms with Gasteiger partial charge in [0.25, 0.3) is 0 Å². The molecule has 0 bridgehead atoms. The topological polar surface area (TPSA) is 39.7 Å². The van der Waals surface area contributed by atoms with Crippen molar-refractivity contribution in [2.45, 2.75) is 26.6 Å². The molecule has 0 aliphatic heterocycles.